The number of carbonyl (C=O) groups excluding carboxylic acids is 2. The van der Waals surface area contributed by atoms with Crippen LogP contribution in [0.5, 0.6) is 0 Å². The number of amides is 1. The van der Waals surface area contributed by atoms with E-state index in [0.717, 1.165) is 5.56 Å². The topological polar surface area (TPSA) is 59.8 Å². The monoisotopic (exact) mass is 301 g/mol. The van der Waals surface area contributed by atoms with Gasteiger partial charge in [-0.2, -0.15) is 0 Å². The number of aryl methyl sites for hydroxylation is 1. The third-order valence-corrected chi connectivity index (χ3v) is 3.23. The van der Waals surface area contributed by atoms with Gasteiger partial charge in [-0.15, -0.1) is 0 Å². The number of benzene rings is 1. The average Bonchev–Trinajstić information content (AvgIpc) is 2.79. The zero-order valence-corrected chi connectivity index (χ0v) is 13.2. The molecule has 1 aromatic carbocycles. The first-order valence-corrected chi connectivity index (χ1v) is 7.03. The first-order valence-electron chi connectivity index (χ1n) is 7.03. The first kappa shape index (κ1) is 15.8. The maximum atomic E-state index is 12.0. The summed E-state index contributed by atoms with van der Waals surface area (Å²) < 4.78 is 10.7. The standard InChI is InChI=1S/C17H19NO4/c1-5-21-17(20)16-11(2)22-14-8-6-12(10-13(14)16)7-9-15(19)18(3)4/h6-10H,5H2,1-4H3/b9-7+. The molecule has 1 amide bonds. The number of furan rings is 1. The molecule has 0 atom stereocenters. The molecule has 116 valence electrons. The third kappa shape index (κ3) is 3.19. The second-order valence-corrected chi connectivity index (χ2v) is 5.08. The average molecular weight is 301 g/mol. The lowest BCUT2D eigenvalue weighted by Crippen LogP contribution is -2.18. The van der Waals surface area contributed by atoms with Gasteiger partial charge in [0.25, 0.3) is 0 Å². The molecule has 0 saturated heterocycles. The van der Waals surface area contributed by atoms with Crippen LogP contribution in [0.3, 0.4) is 0 Å². The van der Waals surface area contributed by atoms with E-state index in [-0.39, 0.29) is 5.91 Å². The molecule has 0 aliphatic rings. The van der Waals surface area contributed by atoms with Gasteiger partial charge < -0.3 is 14.1 Å². The summed E-state index contributed by atoms with van der Waals surface area (Å²) in [5.74, 6) is 0.0253. The lowest BCUT2D eigenvalue weighted by Gasteiger charge is -2.05. The molecule has 22 heavy (non-hydrogen) atoms. The number of hydrogen-bond donors (Lipinski definition) is 0. The minimum Gasteiger partial charge on any atom is -0.462 e. The molecule has 5 nitrogen and oxygen atoms in total. The highest BCUT2D eigenvalue weighted by Crippen LogP contribution is 2.27. The van der Waals surface area contributed by atoms with Crippen LogP contribution in [0.15, 0.2) is 28.7 Å². The van der Waals surface area contributed by atoms with Crippen LogP contribution in [0.4, 0.5) is 0 Å². The summed E-state index contributed by atoms with van der Waals surface area (Å²) in [6.45, 7) is 3.80. The van der Waals surface area contributed by atoms with E-state index in [9.17, 15) is 9.59 Å². The molecule has 1 heterocycles. The van der Waals surface area contributed by atoms with Gasteiger partial charge in [-0.05, 0) is 37.6 Å². The zero-order valence-electron chi connectivity index (χ0n) is 13.2. The molecule has 0 fully saturated rings. The first-order chi connectivity index (χ1) is 10.4. The third-order valence-electron chi connectivity index (χ3n) is 3.23. The summed E-state index contributed by atoms with van der Waals surface area (Å²) in [5.41, 5.74) is 1.87. The Balaban J connectivity index is 2.42. The van der Waals surface area contributed by atoms with E-state index in [0.29, 0.717) is 28.9 Å². The second-order valence-electron chi connectivity index (χ2n) is 5.08. The summed E-state index contributed by atoms with van der Waals surface area (Å²) in [4.78, 5) is 25.1. The van der Waals surface area contributed by atoms with Crippen LogP contribution in [-0.4, -0.2) is 37.5 Å². The Kier molecular flexibility index (Phi) is 4.65. The SMILES string of the molecule is CCOC(=O)c1c(C)oc2ccc(/C=C/C(=O)N(C)C)cc12. The van der Waals surface area contributed by atoms with Gasteiger partial charge in [0.2, 0.25) is 5.91 Å². The molecule has 0 bridgehead atoms. The van der Waals surface area contributed by atoms with Crippen molar-refractivity contribution in [1.82, 2.24) is 4.90 Å². The van der Waals surface area contributed by atoms with E-state index in [1.807, 2.05) is 12.1 Å². The normalized spacial score (nSPS) is 11.1. The molecular formula is C17H19NO4. The fourth-order valence-electron chi connectivity index (χ4n) is 2.11. The van der Waals surface area contributed by atoms with Gasteiger partial charge in [-0.3, -0.25) is 4.79 Å². The van der Waals surface area contributed by atoms with Gasteiger partial charge in [0.1, 0.15) is 16.9 Å². The summed E-state index contributed by atoms with van der Waals surface area (Å²) in [6.07, 6.45) is 3.19. The highest BCUT2D eigenvalue weighted by Gasteiger charge is 2.19. The van der Waals surface area contributed by atoms with E-state index in [4.69, 9.17) is 9.15 Å². The van der Waals surface area contributed by atoms with Crippen molar-refractivity contribution in [1.29, 1.82) is 0 Å². The second kappa shape index (κ2) is 6.47. The van der Waals surface area contributed by atoms with Crippen LogP contribution in [-0.2, 0) is 9.53 Å². The van der Waals surface area contributed by atoms with Crippen LogP contribution in [0.1, 0.15) is 28.6 Å². The molecule has 0 spiro atoms. The Bertz CT molecular complexity index is 740. The number of carbonyl (C=O) groups is 2. The van der Waals surface area contributed by atoms with Crippen molar-refractivity contribution in [2.45, 2.75) is 13.8 Å². The Hall–Kier alpha value is -2.56. The highest BCUT2D eigenvalue weighted by molar-refractivity contribution is 6.05. The number of likely N-dealkylation sites (N-methyl/N-ethyl adjacent to an activating group) is 1. The van der Waals surface area contributed by atoms with Crippen LogP contribution in [0.25, 0.3) is 17.0 Å². The number of nitrogens with zero attached hydrogens (tertiary/aromatic N) is 1. The molecule has 0 aliphatic heterocycles. The highest BCUT2D eigenvalue weighted by atomic mass is 16.5. The predicted molar refractivity (Wildman–Crippen MR) is 84.6 cm³/mol. The minimum atomic E-state index is -0.399. The molecule has 0 N–H and O–H groups in total. The van der Waals surface area contributed by atoms with Crippen LogP contribution in [0.2, 0.25) is 0 Å². The van der Waals surface area contributed by atoms with E-state index in [1.54, 1.807) is 40.1 Å². The lowest BCUT2D eigenvalue weighted by atomic mass is 10.1. The van der Waals surface area contributed by atoms with Crippen molar-refractivity contribution in [3.63, 3.8) is 0 Å². The predicted octanol–water partition coefficient (Wildman–Crippen LogP) is 3.02. The van der Waals surface area contributed by atoms with Crippen molar-refractivity contribution < 1.29 is 18.7 Å². The fraction of sp³-hybridized carbons (Fsp3) is 0.294. The molecule has 0 aliphatic carbocycles. The van der Waals surface area contributed by atoms with E-state index >= 15 is 0 Å². The zero-order chi connectivity index (χ0) is 16.3. The maximum Gasteiger partial charge on any atom is 0.342 e. The van der Waals surface area contributed by atoms with Gasteiger partial charge in [-0.1, -0.05) is 6.07 Å². The molecule has 0 saturated carbocycles. The largest absolute Gasteiger partial charge is 0.462 e. The number of esters is 1. The van der Waals surface area contributed by atoms with E-state index in [2.05, 4.69) is 0 Å². The van der Waals surface area contributed by atoms with Crippen LogP contribution >= 0.6 is 0 Å². The summed E-state index contributed by atoms with van der Waals surface area (Å²) in [6, 6.07) is 5.43. The quantitative estimate of drug-likeness (QED) is 0.643. The van der Waals surface area contributed by atoms with Crippen molar-refractivity contribution in [3.05, 3.63) is 41.2 Å². The van der Waals surface area contributed by atoms with Gasteiger partial charge >= 0.3 is 5.97 Å². The van der Waals surface area contributed by atoms with E-state index in [1.165, 1.54) is 11.0 Å². The van der Waals surface area contributed by atoms with Gasteiger partial charge in [-0.25, -0.2) is 4.79 Å². The van der Waals surface area contributed by atoms with Crippen molar-refractivity contribution in [2.75, 3.05) is 20.7 Å². The van der Waals surface area contributed by atoms with Crippen molar-refractivity contribution in [3.8, 4) is 0 Å². The van der Waals surface area contributed by atoms with Gasteiger partial charge in [0.05, 0.1) is 6.61 Å². The van der Waals surface area contributed by atoms with Crippen LogP contribution < -0.4 is 0 Å². The molecule has 2 rings (SSSR count). The molecular weight excluding hydrogens is 282 g/mol. The fourth-order valence-corrected chi connectivity index (χ4v) is 2.11. The number of hydrogen-bond acceptors (Lipinski definition) is 4. The summed E-state index contributed by atoms with van der Waals surface area (Å²) in [7, 11) is 3.38. The van der Waals surface area contributed by atoms with Crippen molar-refractivity contribution >= 4 is 28.9 Å². The summed E-state index contributed by atoms with van der Waals surface area (Å²) in [5, 5.41) is 0.690. The van der Waals surface area contributed by atoms with E-state index < -0.39 is 5.97 Å². The molecule has 0 radical (unpaired) electrons. The number of rotatable bonds is 4. The lowest BCUT2D eigenvalue weighted by molar-refractivity contribution is -0.123. The van der Waals surface area contributed by atoms with Gasteiger partial charge in [0, 0.05) is 25.6 Å². The Morgan fingerprint density at radius 1 is 1.32 bits per heavy atom. The smallest absolute Gasteiger partial charge is 0.342 e. The Labute approximate surface area is 129 Å². The molecule has 5 heteroatoms. The Morgan fingerprint density at radius 2 is 2.05 bits per heavy atom. The molecule has 2 aromatic rings. The van der Waals surface area contributed by atoms with Crippen molar-refractivity contribution in [2.24, 2.45) is 0 Å². The molecule has 1 aromatic heterocycles. The Morgan fingerprint density at radius 3 is 2.68 bits per heavy atom. The van der Waals surface area contributed by atoms with Crippen LogP contribution in [0, 0.1) is 6.92 Å². The number of ether oxygens (including phenoxy) is 1. The summed E-state index contributed by atoms with van der Waals surface area (Å²) >= 11 is 0. The number of fused-ring (bicyclic) bond motifs is 1. The maximum absolute atomic E-state index is 12.0. The van der Waals surface area contributed by atoms with Gasteiger partial charge in [0.15, 0.2) is 0 Å². The minimum absolute atomic E-state index is 0.103. The molecule has 0 unspecified atom stereocenters.